The minimum Gasteiger partial charge on any atom is -0.286 e. The average Bonchev–Trinajstić information content (AvgIpc) is 3.17. The van der Waals surface area contributed by atoms with Crippen LogP contribution >= 0.6 is 0 Å². The third-order valence-corrected chi connectivity index (χ3v) is 4.55. The molecule has 1 aromatic carbocycles. The maximum atomic E-state index is 13.9. The van der Waals surface area contributed by atoms with E-state index in [0.717, 1.165) is 29.5 Å². The van der Waals surface area contributed by atoms with Crippen LogP contribution in [0.3, 0.4) is 0 Å². The van der Waals surface area contributed by atoms with Gasteiger partial charge in [0.2, 0.25) is 0 Å². The van der Waals surface area contributed by atoms with E-state index in [-0.39, 0.29) is 17.8 Å². The van der Waals surface area contributed by atoms with E-state index in [1.165, 1.54) is 6.07 Å². The van der Waals surface area contributed by atoms with Crippen LogP contribution in [0.5, 0.6) is 0 Å². The summed E-state index contributed by atoms with van der Waals surface area (Å²) in [5.41, 5.74) is 2.57. The summed E-state index contributed by atoms with van der Waals surface area (Å²) >= 11 is 0. The molecule has 4 rings (SSSR count). The summed E-state index contributed by atoms with van der Waals surface area (Å²) in [7, 11) is 0. The number of hydrogen-bond donors (Lipinski definition) is 0. The van der Waals surface area contributed by atoms with Crippen molar-refractivity contribution in [2.75, 3.05) is 0 Å². The number of halogens is 2. The molecule has 0 amide bonds. The summed E-state index contributed by atoms with van der Waals surface area (Å²) in [5.74, 6) is 0.604. The van der Waals surface area contributed by atoms with E-state index in [1.807, 2.05) is 16.5 Å². The Morgan fingerprint density at radius 3 is 2.65 bits per heavy atom. The first-order valence-electron chi connectivity index (χ1n) is 7.84. The summed E-state index contributed by atoms with van der Waals surface area (Å²) in [5, 5.41) is 8.40. The minimum atomic E-state index is -0.532. The highest BCUT2D eigenvalue weighted by Crippen LogP contribution is 2.55. The summed E-state index contributed by atoms with van der Waals surface area (Å²) in [6, 6.07) is 7.83. The molecular formula is C18H17F2N3. The molecule has 3 nitrogen and oxygen atoms in total. The predicted molar refractivity (Wildman–Crippen MR) is 83.5 cm³/mol. The van der Waals surface area contributed by atoms with E-state index < -0.39 is 11.6 Å². The summed E-state index contributed by atoms with van der Waals surface area (Å²) < 4.78 is 29.0. The second kappa shape index (κ2) is 5.11. The van der Waals surface area contributed by atoms with E-state index in [1.54, 1.807) is 6.07 Å². The van der Waals surface area contributed by atoms with Crippen LogP contribution in [-0.2, 0) is 0 Å². The maximum absolute atomic E-state index is 13.9. The maximum Gasteiger partial charge on any atom is 0.160 e. The van der Waals surface area contributed by atoms with E-state index in [0.29, 0.717) is 5.56 Å². The molecule has 2 aromatic heterocycles. The molecule has 1 aliphatic rings. The zero-order valence-corrected chi connectivity index (χ0v) is 13.0. The van der Waals surface area contributed by atoms with Gasteiger partial charge in [-0.2, -0.15) is 0 Å². The molecule has 0 saturated heterocycles. The molecule has 0 radical (unpaired) electrons. The van der Waals surface area contributed by atoms with Gasteiger partial charge in [-0.25, -0.2) is 8.78 Å². The Kier molecular flexibility index (Phi) is 3.18. The van der Waals surface area contributed by atoms with Crippen molar-refractivity contribution in [3.8, 4) is 0 Å². The molecule has 2 unspecified atom stereocenters. The van der Waals surface area contributed by atoms with Gasteiger partial charge < -0.3 is 0 Å². The molecular weight excluding hydrogens is 296 g/mol. The van der Waals surface area contributed by atoms with Gasteiger partial charge in [-0.3, -0.25) is 4.40 Å². The van der Waals surface area contributed by atoms with Gasteiger partial charge in [0.1, 0.15) is 17.5 Å². The number of nitrogens with zero attached hydrogens (tertiary/aromatic N) is 3. The summed E-state index contributed by atoms with van der Waals surface area (Å²) in [6.07, 6.45) is 2.93. The van der Waals surface area contributed by atoms with E-state index in [9.17, 15) is 8.78 Å². The standard InChI is InChI=1S/C18H17F2N3/c1-10(2)18-22-21-17-6-3-11(9-23(17)18)14-8-15(14)13-5-4-12(19)7-16(13)20/h3-7,9-10,14-15H,8H2,1-2H3. The Hall–Kier alpha value is -2.30. The van der Waals surface area contributed by atoms with Crippen LogP contribution in [0.1, 0.15) is 55.0 Å². The van der Waals surface area contributed by atoms with Crippen LogP contribution in [0, 0.1) is 11.6 Å². The first-order valence-corrected chi connectivity index (χ1v) is 7.84. The van der Waals surface area contributed by atoms with Gasteiger partial charge >= 0.3 is 0 Å². The van der Waals surface area contributed by atoms with Gasteiger partial charge in [0.15, 0.2) is 5.65 Å². The topological polar surface area (TPSA) is 30.2 Å². The average molecular weight is 313 g/mol. The van der Waals surface area contributed by atoms with Crippen molar-refractivity contribution in [2.45, 2.75) is 38.0 Å². The molecule has 2 atom stereocenters. The van der Waals surface area contributed by atoms with Crippen LogP contribution in [0.2, 0.25) is 0 Å². The quantitative estimate of drug-likeness (QED) is 0.717. The number of fused-ring (bicyclic) bond motifs is 1. The summed E-state index contributed by atoms with van der Waals surface area (Å²) in [6.45, 7) is 4.16. The Labute approximate surface area is 133 Å². The lowest BCUT2D eigenvalue weighted by atomic mass is 10.1. The van der Waals surface area contributed by atoms with Gasteiger partial charge in [-0.15, -0.1) is 10.2 Å². The zero-order valence-electron chi connectivity index (χ0n) is 13.0. The van der Waals surface area contributed by atoms with Crippen molar-refractivity contribution in [2.24, 2.45) is 0 Å². The van der Waals surface area contributed by atoms with Crippen molar-refractivity contribution >= 4 is 5.65 Å². The molecule has 3 aromatic rings. The van der Waals surface area contributed by atoms with Crippen LogP contribution in [0.25, 0.3) is 5.65 Å². The van der Waals surface area contributed by atoms with Crippen LogP contribution in [-0.4, -0.2) is 14.6 Å². The van der Waals surface area contributed by atoms with Gasteiger partial charge in [0.25, 0.3) is 0 Å². The minimum absolute atomic E-state index is 0.118. The molecule has 23 heavy (non-hydrogen) atoms. The number of pyridine rings is 1. The number of hydrogen-bond acceptors (Lipinski definition) is 2. The molecule has 5 heteroatoms. The molecule has 0 aliphatic heterocycles. The van der Waals surface area contributed by atoms with Gasteiger partial charge in [-0.1, -0.05) is 26.0 Å². The Morgan fingerprint density at radius 2 is 1.91 bits per heavy atom. The van der Waals surface area contributed by atoms with Crippen molar-refractivity contribution in [3.05, 3.63) is 65.1 Å². The van der Waals surface area contributed by atoms with E-state index in [4.69, 9.17) is 0 Å². The highest BCUT2D eigenvalue weighted by atomic mass is 19.1. The number of aromatic nitrogens is 3. The largest absolute Gasteiger partial charge is 0.286 e. The third kappa shape index (κ3) is 2.40. The third-order valence-electron chi connectivity index (χ3n) is 4.55. The monoisotopic (exact) mass is 313 g/mol. The lowest BCUT2D eigenvalue weighted by Crippen LogP contribution is -1.98. The summed E-state index contributed by atoms with van der Waals surface area (Å²) in [4.78, 5) is 0. The fraction of sp³-hybridized carbons (Fsp3) is 0.333. The fourth-order valence-electron chi connectivity index (χ4n) is 3.25. The SMILES string of the molecule is CC(C)c1nnc2ccc(C3CC3c3ccc(F)cc3F)cn12. The second-order valence-corrected chi connectivity index (χ2v) is 6.52. The second-order valence-electron chi connectivity index (χ2n) is 6.52. The smallest absolute Gasteiger partial charge is 0.160 e. The molecule has 0 N–H and O–H groups in total. The number of benzene rings is 1. The first kappa shape index (κ1) is 14.3. The number of rotatable bonds is 3. The van der Waals surface area contributed by atoms with Gasteiger partial charge in [-0.05, 0) is 41.5 Å². The van der Waals surface area contributed by atoms with Gasteiger partial charge in [0.05, 0.1) is 0 Å². The Balaban J connectivity index is 1.67. The Bertz CT molecular complexity index is 885. The molecule has 0 bridgehead atoms. The van der Waals surface area contributed by atoms with Crippen LogP contribution in [0.15, 0.2) is 36.5 Å². The first-order chi connectivity index (χ1) is 11.0. The zero-order chi connectivity index (χ0) is 16.1. The van der Waals surface area contributed by atoms with Gasteiger partial charge in [0, 0.05) is 18.2 Å². The van der Waals surface area contributed by atoms with Crippen LogP contribution < -0.4 is 0 Å². The normalized spacial score (nSPS) is 20.4. The highest BCUT2D eigenvalue weighted by molar-refractivity contribution is 5.44. The lowest BCUT2D eigenvalue weighted by molar-refractivity contribution is 0.572. The highest BCUT2D eigenvalue weighted by Gasteiger charge is 2.41. The molecule has 1 saturated carbocycles. The molecule has 2 heterocycles. The van der Waals surface area contributed by atoms with Crippen molar-refractivity contribution < 1.29 is 8.78 Å². The molecule has 1 fully saturated rings. The van der Waals surface area contributed by atoms with E-state index in [2.05, 4.69) is 30.2 Å². The molecule has 118 valence electrons. The van der Waals surface area contributed by atoms with Crippen LogP contribution in [0.4, 0.5) is 8.78 Å². The molecule has 0 spiro atoms. The Morgan fingerprint density at radius 1 is 1.09 bits per heavy atom. The fourth-order valence-corrected chi connectivity index (χ4v) is 3.25. The lowest BCUT2D eigenvalue weighted by Gasteiger charge is -2.06. The van der Waals surface area contributed by atoms with E-state index >= 15 is 0 Å². The predicted octanol–water partition coefficient (Wildman–Crippen LogP) is 4.40. The van der Waals surface area contributed by atoms with Crippen molar-refractivity contribution in [3.63, 3.8) is 0 Å². The van der Waals surface area contributed by atoms with Crippen molar-refractivity contribution in [1.82, 2.24) is 14.6 Å². The molecule has 1 aliphatic carbocycles. The van der Waals surface area contributed by atoms with Crippen molar-refractivity contribution in [1.29, 1.82) is 0 Å².